The van der Waals surface area contributed by atoms with Crippen LogP contribution in [0.2, 0.25) is 5.02 Å². The molecule has 0 aliphatic carbocycles. The van der Waals surface area contributed by atoms with Crippen LogP contribution >= 0.6 is 23.4 Å². The highest BCUT2D eigenvalue weighted by molar-refractivity contribution is 7.99. The van der Waals surface area contributed by atoms with Gasteiger partial charge in [0.05, 0.1) is 15.9 Å². The molecule has 4 aromatic rings. The molecule has 0 aliphatic rings. The molecule has 7 heteroatoms. The van der Waals surface area contributed by atoms with E-state index in [4.69, 9.17) is 11.6 Å². The van der Waals surface area contributed by atoms with Gasteiger partial charge in [-0.15, -0.1) is 0 Å². The molecule has 0 radical (unpaired) electrons. The maximum Gasteiger partial charge on any atom is 0.258 e. The zero-order valence-corrected chi connectivity index (χ0v) is 17.5. The average Bonchev–Trinajstić information content (AvgIpc) is 2.75. The van der Waals surface area contributed by atoms with Crippen LogP contribution in [0.1, 0.15) is 12.2 Å². The van der Waals surface area contributed by atoms with E-state index in [1.807, 2.05) is 54.6 Å². The Kier molecular flexibility index (Phi) is 6.16. The molecule has 1 heterocycles. The van der Waals surface area contributed by atoms with Crippen LogP contribution in [-0.4, -0.2) is 15.9 Å². The van der Waals surface area contributed by atoms with E-state index in [2.05, 4.69) is 15.3 Å². The Hall–Kier alpha value is -3.09. The van der Waals surface area contributed by atoms with E-state index in [0.717, 1.165) is 9.79 Å². The highest BCUT2D eigenvalue weighted by Crippen LogP contribution is 2.33. The third-order valence-corrected chi connectivity index (χ3v) is 5.98. The molecule has 0 saturated carbocycles. The number of halogens is 1. The predicted molar refractivity (Wildman–Crippen MR) is 121 cm³/mol. The molecule has 5 nitrogen and oxygen atoms in total. The number of benzene rings is 3. The summed E-state index contributed by atoms with van der Waals surface area (Å²) in [5.74, 6) is 0.359. The fourth-order valence-electron chi connectivity index (χ4n) is 2.97. The van der Waals surface area contributed by atoms with Crippen LogP contribution in [0.15, 0.2) is 87.4 Å². The third-order valence-electron chi connectivity index (χ3n) is 4.45. The van der Waals surface area contributed by atoms with Gasteiger partial charge in [0.1, 0.15) is 5.82 Å². The van der Waals surface area contributed by atoms with Crippen molar-refractivity contribution >= 4 is 45.9 Å². The van der Waals surface area contributed by atoms with Crippen LogP contribution in [0, 0.1) is 0 Å². The minimum absolute atomic E-state index is 0.141. The molecule has 0 aliphatic heterocycles. The second kappa shape index (κ2) is 9.15. The van der Waals surface area contributed by atoms with E-state index >= 15 is 0 Å². The van der Waals surface area contributed by atoms with Crippen LogP contribution < -0.4 is 10.9 Å². The Balaban J connectivity index is 1.35. The van der Waals surface area contributed by atoms with Gasteiger partial charge in [-0.2, -0.15) is 0 Å². The number of aromatic nitrogens is 2. The second-order valence-corrected chi connectivity index (χ2v) is 8.16. The van der Waals surface area contributed by atoms with Crippen LogP contribution in [0.5, 0.6) is 0 Å². The molecule has 30 heavy (non-hydrogen) atoms. The van der Waals surface area contributed by atoms with Crippen molar-refractivity contribution in [2.75, 3.05) is 5.32 Å². The van der Waals surface area contributed by atoms with Crippen molar-refractivity contribution in [3.8, 4) is 0 Å². The summed E-state index contributed by atoms with van der Waals surface area (Å²) in [5.41, 5.74) is 1.15. The number of fused-ring (bicyclic) bond motifs is 1. The minimum atomic E-state index is -0.192. The maximum absolute atomic E-state index is 12.3. The van der Waals surface area contributed by atoms with Crippen LogP contribution in [0.25, 0.3) is 10.9 Å². The summed E-state index contributed by atoms with van der Waals surface area (Å²) in [7, 11) is 0. The molecule has 0 unspecified atom stereocenters. The Morgan fingerprint density at radius 3 is 2.53 bits per heavy atom. The highest BCUT2D eigenvalue weighted by Gasteiger charge is 2.08. The first-order valence-corrected chi connectivity index (χ1v) is 10.6. The molecule has 0 bridgehead atoms. The maximum atomic E-state index is 12.3. The van der Waals surface area contributed by atoms with Gasteiger partial charge in [-0.1, -0.05) is 47.6 Å². The lowest BCUT2D eigenvalue weighted by Gasteiger charge is -2.08. The van der Waals surface area contributed by atoms with Gasteiger partial charge in [-0.25, -0.2) is 4.98 Å². The summed E-state index contributed by atoms with van der Waals surface area (Å²) in [5, 5.41) is 4.12. The highest BCUT2D eigenvalue weighted by atomic mass is 35.5. The molecule has 2 N–H and O–H groups in total. The number of anilines is 1. The number of carbonyl (C=O) groups excluding carboxylic acids is 1. The molecule has 0 saturated heterocycles. The summed E-state index contributed by atoms with van der Waals surface area (Å²) in [6.07, 6.45) is 0.573. The molecule has 150 valence electrons. The lowest BCUT2D eigenvalue weighted by Crippen LogP contribution is -2.16. The van der Waals surface area contributed by atoms with Crippen molar-refractivity contribution in [2.45, 2.75) is 22.6 Å². The fraction of sp³-hybridized carbons (Fsp3) is 0.0870. The molecule has 3 aromatic carbocycles. The minimum Gasteiger partial charge on any atom is -0.326 e. The molecule has 0 fully saturated rings. The van der Waals surface area contributed by atoms with Crippen molar-refractivity contribution in [2.24, 2.45) is 0 Å². The third kappa shape index (κ3) is 4.90. The summed E-state index contributed by atoms with van der Waals surface area (Å²) in [6.45, 7) is 0. The van der Waals surface area contributed by atoms with E-state index in [9.17, 15) is 9.59 Å². The van der Waals surface area contributed by atoms with Crippen LogP contribution in [-0.2, 0) is 11.2 Å². The summed E-state index contributed by atoms with van der Waals surface area (Å²) in [4.78, 5) is 33.6. The second-order valence-electron chi connectivity index (χ2n) is 6.63. The topological polar surface area (TPSA) is 74.8 Å². The summed E-state index contributed by atoms with van der Waals surface area (Å²) >= 11 is 7.76. The number of nitrogens with zero attached hydrogens (tertiary/aromatic N) is 1. The first-order chi connectivity index (χ1) is 14.6. The van der Waals surface area contributed by atoms with E-state index in [0.29, 0.717) is 33.9 Å². The number of carbonyl (C=O) groups is 1. The lowest BCUT2D eigenvalue weighted by atomic mass is 10.2. The van der Waals surface area contributed by atoms with Crippen molar-refractivity contribution in [3.63, 3.8) is 0 Å². The van der Waals surface area contributed by atoms with Crippen LogP contribution in [0.3, 0.4) is 0 Å². The first kappa shape index (κ1) is 20.2. The van der Waals surface area contributed by atoms with E-state index in [1.165, 1.54) is 0 Å². The lowest BCUT2D eigenvalue weighted by molar-refractivity contribution is -0.116. The quantitative estimate of drug-likeness (QED) is 0.431. The number of H-pyrrole nitrogens is 1. The smallest absolute Gasteiger partial charge is 0.258 e. The van der Waals surface area contributed by atoms with Crippen LogP contribution in [0.4, 0.5) is 5.69 Å². The summed E-state index contributed by atoms with van der Waals surface area (Å²) in [6, 6.07) is 22.4. The number of rotatable bonds is 6. The van der Waals surface area contributed by atoms with E-state index in [1.54, 1.807) is 30.0 Å². The van der Waals surface area contributed by atoms with Gasteiger partial charge < -0.3 is 10.3 Å². The zero-order valence-electron chi connectivity index (χ0n) is 15.9. The van der Waals surface area contributed by atoms with Gasteiger partial charge in [-0.05, 0) is 48.5 Å². The number of hydrogen-bond donors (Lipinski definition) is 2. The van der Waals surface area contributed by atoms with Crippen molar-refractivity contribution in [3.05, 3.63) is 94.0 Å². The Morgan fingerprint density at radius 1 is 1.00 bits per heavy atom. The van der Waals surface area contributed by atoms with Gasteiger partial charge in [0.25, 0.3) is 5.56 Å². The van der Waals surface area contributed by atoms with Gasteiger partial charge in [0.15, 0.2) is 0 Å². The van der Waals surface area contributed by atoms with Gasteiger partial charge in [0.2, 0.25) is 5.91 Å². The SMILES string of the molecule is O=C(CCc1nc2ccccc2c(=O)[nH]1)Nc1ccc(Sc2ccccc2Cl)cc1. The summed E-state index contributed by atoms with van der Waals surface area (Å²) < 4.78 is 0. The molecule has 1 amide bonds. The number of hydrogen-bond acceptors (Lipinski definition) is 4. The Morgan fingerprint density at radius 2 is 1.73 bits per heavy atom. The molecular weight excluding hydrogens is 418 g/mol. The number of aromatic amines is 1. The number of amides is 1. The van der Waals surface area contributed by atoms with E-state index in [-0.39, 0.29) is 17.9 Å². The Bertz CT molecular complexity index is 1260. The number of para-hydroxylation sites is 1. The standard InChI is InChI=1S/C23H18ClN3O2S/c24-18-6-2-4-8-20(18)30-16-11-9-15(10-12-16)25-22(28)14-13-21-26-19-7-3-1-5-17(19)23(29)27-21/h1-12H,13-14H2,(H,25,28)(H,26,27,29). The van der Waals surface area contributed by atoms with Crippen molar-refractivity contribution in [1.29, 1.82) is 0 Å². The normalized spacial score (nSPS) is 10.8. The molecule has 0 spiro atoms. The molecule has 1 aromatic heterocycles. The number of nitrogens with one attached hydrogen (secondary N) is 2. The average molecular weight is 436 g/mol. The monoisotopic (exact) mass is 435 g/mol. The van der Waals surface area contributed by atoms with Gasteiger partial charge >= 0.3 is 0 Å². The molecule has 4 rings (SSSR count). The van der Waals surface area contributed by atoms with Crippen molar-refractivity contribution in [1.82, 2.24) is 9.97 Å². The first-order valence-electron chi connectivity index (χ1n) is 9.39. The fourth-order valence-corrected chi connectivity index (χ4v) is 4.06. The number of aryl methyl sites for hydroxylation is 1. The zero-order chi connectivity index (χ0) is 20.9. The largest absolute Gasteiger partial charge is 0.326 e. The van der Waals surface area contributed by atoms with Gasteiger partial charge in [-0.3, -0.25) is 9.59 Å². The molecule has 0 atom stereocenters. The Labute approximate surface area is 182 Å². The predicted octanol–water partition coefficient (Wildman–Crippen LogP) is 5.30. The molecular formula is C23H18ClN3O2S. The van der Waals surface area contributed by atoms with Gasteiger partial charge in [0, 0.05) is 28.3 Å². The van der Waals surface area contributed by atoms with Crippen molar-refractivity contribution < 1.29 is 4.79 Å². The van der Waals surface area contributed by atoms with E-state index < -0.39 is 0 Å².